The first-order valence-electron chi connectivity index (χ1n) is 9.44. The summed E-state index contributed by atoms with van der Waals surface area (Å²) in [5.74, 6) is 0.471. The Labute approximate surface area is 177 Å². The molecule has 6 nitrogen and oxygen atoms in total. The highest BCUT2D eigenvalue weighted by Gasteiger charge is 2.34. The van der Waals surface area contributed by atoms with Crippen molar-refractivity contribution in [1.29, 1.82) is 0 Å². The van der Waals surface area contributed by atoms with Gasteiger partial charge in [0, 0.05) is 28.7 Å². The van der Waals surface area contributed by atoms with Crippen molar-refractivity contribution in [3.63, 3.8) is 0 Å². The first-order valence-corrected chi connectivity index (χ1v) is 10.2. The van der Waals surface area contributed by atoms with Gasteiger partial charge in [0.25, 0.3) is 5.91 Å². The van der Waals surface area contributed by atoms with Crippen LogP contribution in [0.2, 0.25) is 0 Å². The van der Waals surface area contributed by atoms with Gasteiger partial charge in [-0.3, -0.25) is 9.59 Å². The summed E-state index contributed by atoms with van der Waals surface area (Å²) >= 11 is 3.39. The number of hydrogen-bond acceptors (Lipinski definition) is 4. The number of carbonyl (C=O) groups excluding carboxylic acids is 2. The molecule has 0 aliphatic carbocycles. The molecule has 1 N–H and O–H groups in total. The Balaban J connectivity index is 1.38. The van der Waals surface area contributed by atoms with Crippen molar-refractivity contribution >= 4 is 27.7 Å². The lowest BCUT2D eigenvalue weighted by molar-refractivity contribution is -0.125. The van der Waals surface area contributed by atoms with Crippen LogP contribution < -0.4 is 5.32 Å². The van der Waals surface area contributed by atoms with Gasteiger partial charge in [0.1, 0.15) is 6.04 Å². The fourth-order valence-corrected chi connectivity index (χ4v) is 3.92. The molecule has 2 heterocycles. The summed E-state index contributed by atoms with van der Waals surface area (Å²) in [4.78, 5) is 31.2. The molecule has 0 spiro atoms. The highest BCUT2D eigenvalue weighted by atomic mass is 79.9. The van der Waals surface area contributed by atoms with Gasteiger partial charge in [-0.15, -0.1) is 0 Å². The molecule has 1 saturated heterocycles. The van der Waals surface area contributed by atoms with Crippen LogP contribution in [0.15, 0.2) is 70.0 Å². The van der Waals surface area contributed by atoms with Crippen LogP contribution in [0.5, 0.6) is 0 Å². The van der Waals surface area contributed by atoms with Crippen LogP contribution in [0.3, 0.4) is 0 Å². The smallest absolute Gasteiger partial charge is 0.254 e. The van der Waals surface area contributed by atoms with E-state index in [1.807, 2.05) is 36.4 Å². The van der Waals surface area contributed by atoms with E-state index in [2.05, 4.69) is 26.2 Å². The van der Waals surface area contributed by atoms with Gasteiger partial charge >= 0.3 is 0 Å². The highest BCUT2D eigenvalue weighted by molar-refractivity contribution is 9.10. The zero-order valence-electron chi connectivity index (χ0n) is 15.7. The van der Waals surface area contributed by atoms with Gasteiger partial charge in [0.05, 0.1) is 6.20 Å². The predicted octanol–water partition coefficient (Wildman–Crippen LogP) is 4.03. The van der Waals surface area contributed by atoms with Crippen LogP contribution in [0, 0.1) is 0 Å². The van der Waals surface area contributed by atoms with E-state index < -0.39 is 6.04 Å². The van der Waals surface area contributed by atoms with Crippen molar-refractivity contribution in [3.8, 4) is 11.3 Å². The Morgan fingerprint density at radius 2 is 2.03 bits per heavy atom. The molecule has 3 aromatic rings. The normalized spacial score (nSPS) is 16.0. The summed E-state index contributed by atoms with van der Waals surface area (Å²) in [7, 11) is 0. The quantitative estimate of drug-likeness (QED) is 0.632. The van der Waals surface area contributed by atoms with Crippen molar-refractivity contribution in [3.05, 3.63) is 76.7 Å². The van der Waals surface area contributed by atoms with Gasteiger partial charge in [-0.1, -0.05) is 46.3 Å². The third kappa shape index (κ3) is 4.40. The van der Waals surface area contributed by atoms with Crippen LogP contribution in [0.1, 0.15) is 28.8 Å². The fourth-order valence-electron chi connectivity index (χ4n) is 3.52. The minimum atomic E-state index is -0.435. The number of likely N-dealkylation sites (tertiary alicyclic amines) is 1. The molecule has 1 aliphatic rings. The SMILES string of the molecule is O=C(NCc1ccc(-c2cnco2)cc1)[C@@H]1CCCN1C(=O)c1cccc(Br)c1. The number of aromatic nitrogens is 1. The van der Waals surface area contributed by atoms with Crippen molar-refractivity contribution in [1.82, 2.24) is 15.2 Å². The second-order valence-electron chi connectivity index (χ2n) is 6.95. The van der Waals surface area contributed by atoms with Gasteiger partial charge in [-0.05, 0) is 36.6 Å². The van der Waals surface area contributed by atoms with Crippen LogP contribution in [-0.2, 0) is 11.3 Å². The monoisotopic (exact) mass is 453 g/mol. The molecular formula is C22H20BrN3O3. The van der Waals surface area contributed by atoms with Crippen molar-refractivity contribution in [2.45, 2.75) is 25.4 Å². The second kappa shape index (κ2) is 8.61. The zero-order chi connectivity index (χ0) is 20.2. The standard InChI is InChI=1S/C22H20BrN3O3/c23-18-4-1-3-17(11-18)22(28)26-10-2-5-19(26)21(27)25-12-15-6-8-16(9-7-15)20-13-24-14-29-20/h1,3-4,6-9,11,13-14,19H,2,5,10,12H2,(H,25,27)/t19-/m0/s1. The minimum absolute atomic E-state index is 0.111. The first kappa shape index (κ1) is 19.4. The predicted molar refractivity (Wildman–Crippen MR) is 112 cm³/mol. The van der Waals surface area contributed by atoms with E-state index in [4.69, 9.17) is 4.42 Å². The van der Waals surface area contributed by atoms with E-state index >= 15 is 0 Å². The van der Waals surface area contributed by atoms with Gasteiger partial charge in [0.15, 0.2) is 12.2 Å². The molecule has 2 amide bonds. The van der Waals surface area contributed by atoms with Gasteiger partial charge in [-0.2, -0.15) is 0 Å². The van der Waals surface area contributed by atoms with E-state index in [1.54, 1.807) is 23.2 Å². The summed E-state index contributed by atoms with van der Waals surface area (Å²) in [5.41, 5.74) is 2.49. The summed E-state index contributed by atoms with van der Waals surface area (Å²) in [5, 5.41) is 2.96. The Bertz CT molecular complexity index is 1000. The van der Waals surface area contributed by atoms with E-state index in [0.29, 0.717) is 30.8 Å². The van der Waals surface area contributed by atoms with Crippen molar-refractivity contribution in [2.24, 2.45) is 0 Å². The van der Waals surface area contributed by atoms with E-state index in [9.17, 15) is 9.59 Å². The molecule has 1 fully saturated rings. The number of rotatable bonds is 5. The lowest BCUT2D eigenvalue weighted by Crippen LogP contribution is -2.45. The number of benzene rings is 2. The minimum Gasteiger partial charge on any atom is -0.444 e. The summed E-state index contributed by atoms with van der Waals surface area (Å²) in [6.07, 6.45) is 4.56. The Morgan fingerprint density at radius 3 is 2.76 bits per heavy atom. The lowest BCUT2D eigenvalue weighted by Gasteiger charge is -2.24. The van der Waals surface area contributed by atoms with Crippen molar-refractivity contribution < 1.29 is 14.0 Å². The number of amides is 2. The lowest BCUT2D eigenvalue weighted by atomic mass is 10.1. The van der Waals surface area contributed by atoms with Gasteiger partial charge in [0.2, 0.25) is 5.91 Å². The summed E-state index contributed by atoms with van der Waals surface area (Å²) in [6, 6.07) is 14.6. The van der Waals surface area contributed by atoms with Crippen molar-refractivity contribution in [2.75, 3.05) is 6.54 Å². The van der Waals surface area contributed by atoms with Gasteiger partial charge in [-0.25, -0.2) is 4.98 Å². The number of nitrogens with zero attached hydrogens (tertiary/aromatic N) is 2. The molecule has 148 valence electrons. The number of halogens is 1. The second-order valence-corrected chi connectivity index (χ2v) is 7.86. The van der Waals surface area contributed by atoms with Crippen LogP contribution in [0.4, 0.5) is 0 Å². The molecule has 29 heavy (non-hydrogen) atoms. The zero-order valence-corrected chi connectivity index (χ0v) is 17.3. The van der Waals surface area contributed by atoms with E-state index in [-0.39, 0.29) is 11.8 Å². The number of hydrogen-bond donors (Lipinski definition) is 1. The first-order chi connectivity index (χ1) is 14.1. The molecule has 7 heteroatoms. The Hall–Kier alpha value is -2.93. The molecule has 0 saturated carbocycles. The average Bonchev–Trinajstić information content (AvgIpc) is 3.44. The third-order valence-corrected chi connectivity index (χ3v) is 5.52. The van der Waals surface area contributed by atoms with E-state index in [1.165, 1.54) is 6.39 Å². The number of oxazole rings is 1. The van der Waals surface area contributed by atoms with Gasteiger partial charge < -0.3 is 14.6 Å². The largest absolute Gasteiger partial charge is 0.444 e. The highest BCUT2D eigenvalue weighted by Crippen LogP contribution is 2.22. The molecule has 1 atom stereocenters. The molecular weight excluding hydrogens is 434 g/mol. The Kier molecular flexibility index (Phi) is 5.76. The fraction of sp³-hybridized carbons (Fsp3) is 0.227. The average molecular weight is 454 g/mol. The number of carbonyl (C=O) groups is 2. The summed E-state index contributed by atoms with van der Waals surface area (Å²) in [6.45, 7) is 1.00. The van der Waals surface area contributed by atoms with Crippen LogP contribution >= 0.6 is 15.9 Å². The van der Waals surface area contributed by atoms with Crippen LogP contribution in [0.25, 0.3) is 11.3 Å². The third-order valence-electron chi connectivity index (χ3n) is 5.03. The topological polar surface area (TPSA) is 75.4 Å². The van der Waals surface area contributed by atoms with E-state index in [0.717, 1.165) is 22.0 Å². The maximum Gasteiger partial charge on any atom is 0.254 e. The Morgan fingerprint density at radius 1 is 1.21 bits per heavy atom. The molecule has 0 unspecified atom stereocenters. The number of nitrogens with one attached hydrogen (secondary N) is 1. The molecule has 1 aromatic heterocycles. The molecule has 0 bridgehead atoms. The molecule has 4 rings (SSSR count). The molecule has 0 radical (unpaired) electrons. The summed E-state index contributed by atoms with van der Waals surface area (Å²) < 4.78 is 6.13. The molecule has 2 aromatic carbocycles. The maximum absolute atomic E-state index is 12.8. The van der Waals surface area contributed by atoms with Crippen LogP contribution in [-0.4, -0.2) is 34.3 Å². The maximum atomic E-state index is 12.8. The molecule has 1 aliphatic heterocycles.